The zero-order valence-corrected chi connectivity index (χ0v) is 28.3. The Bertz CT molecular complexity index is 844. The molecule has 0 amide bonds. The maximum absolute atomic E-state index is 2.62. The van der Waals surface area contributed by atoms with Crippen molar-refractivity contribution in [1.29, 1.82) is 0 Å². The first-order chi connectivity index (χ1) is 16.2. The van der Waals surface area contributed by atoms with Crippen LogP contribution in [0.5, 0.6) is 0 Å². The van der Waals surface area contributed by atoms with Crippen molar-refractivity contribution in [2.75, 3.05) is 0 Å². The quantitative estimate of drug-likeness (QED) is 0.419. The summed E-state index contributed by atoms with van der Waals surface area (Å²) in [4.78, 5) is 0. The molecule has 0 aromatic carbocycles. The van der Waals surface area contributed by atoms with E-state index in [1.165, 1.54) is 12.8 Å². The fraction of sp³-hybridized carbons (Fsp3) is 0.758. The van der Waals surface area contributed by atoms with Gasteiger partial charge in [0.1, 0.15) is 0 Å². The first-order valence-electron chi connectivity index (χ1n) is 15.0. The standard InChI is InChI=1S/2C15H23.C3H6.2ClH.Zr/c2*1-10(2)12-8-9-13(11(3)4)15-7-5-6-14(12)15;1-3-2;;;/h2*6,8-11,14-15H,5,7H2,1-4H3;1-3H2;2*1H;/q;;;;;+2/p-2. The van der Waals surface area contributed by atoms with Crippen molar-refractivity contribution in [2.45, 2.75) is 103 Å². The van der Waals surface area contributed by atoms with Gasteiger partial charge in [-0.2, -0.15) is 0 Å². The van der Waals surface area contributed by atoms with Gasteiger partial charge in [0.15, 0.2) is 0 Å². The molecule has 0 nitrogen and oxygen atoms in total. The van der Waals surface area contributed by atoms with Crippen LogP contribution in [-0.2, 0) is 20.3 Å². The second-order valence-electron chi connectivity index (χ2n) is 14.0. The molecule has 0 aromatic heterocycles. The third-order valence-electron chi connectivity index (χ3n) is 11.3. The first-order valence-corrected chi connectivity index (χ1v) is 21.3. The van der Waals surface area contributed by atoms with Gasteiger partial charge in [-0.15, -0.1) is 0 Å². The Balaban J connectivity index is 0.00000180. The molecule has 1 heterocycles. The minimum Gasteiger partial charge on any atom is -1.00 e. The molecule has 0 bridgehead atoms. The first kappa shape index (κ1) is 31.0. The normalized spacial score (nSPS) is 33.9. The van der Waals surface area contributed by atoms with E-state index in [4.69, 9.17) is 0 Å². The number of allylic oxidation sites excluding steroid dienone is 8. The van der Waals surface area contributed by atoms with Crippen molar-refractivity contribution in [1.82, 2.24) is 0 Å². The molecular weight excluding hydrogens is 558 g/mol. The van der Waals surface area contributed by atoms with Gasteiger partial charge in [-0.05, 0) is 0 Å². The predicted molar refractivity (Wildman–Crippen MR) is 146 cm³/mol. The zero-order chi connectivity index (χ0) is 24.4. The summed E-state index contributed by atoms with van der Waals surface area (Å²) in [6, 6.07) is 0. The van der Waals surface area contributed by atoms with Gasteiger partial charge in [-0.3, -0.25) is 0 Å². The van der Waals surface area contributed by atoms with Crippen LogP contribution in [0.1, 0.15) is 87.5 Å². The molecule has 36 heavy (non-hydrogen) atoms. The average molecular weight is 611 g/mol. The summed E-state index contributed by atoms with van der Waals surface area (Å²) in [5.41, 5.74) is 7.29. The van der Waals surface area contributed by atoms with E-state index < -0.39 is 20.3 Å². The molecule has 3 fully saturated rings. The molecule has 1 saturated heterocycles. The molecule has 2 saturated carbocycles. The molecule has 0 spiro atoms. The Morgan fingerprint density at radius 1 is 0.528 bits per heavy atom. The van der Waals surface area contributed by atoms with Crippen LogP contribution >= 0.6 is 0 Å². The van der Waals surface area contributed by atoms with Gasteiger partial charge in [0.2, 0.25) is 0 Å². The molecule has 0 aromatic rings. The van der Waals surface area contributed by atoms with Crippen molar-refractivity contribution >= 4 is 0 Å². The fourth-order valence-corrected chi connectivity index (χ4v) is 26.9. The third-order valence-corrected chi connectivity index (χ3v) is 28.1. The van der Waals surface area contributed by atoms with Gasteiger partial charge in [-0.1, -0.05) is 0 Å². The van der Waals surface area contributed by atoms with Crippen LogP contribution in [-0.4, -0.2) is 0 Å². The van der Waals surface area contributed by atoms with Gasteiger partial charge >= 0.3 is 217 Å². The zero-order valence-electron chi connectivity index (χ0n) is 24.3. The summed E-state index contributed by atoms with van der Waals surface area (Å²) in [7, 11) is 0. The summed E-state index contributed by atoms with van der Waals surface area (Å²) in [5.74, 6) is 6.43. The second kappa shape index (κ2) is 11.9. The van der Waals surface area contributed by atoms with E-state index in [0.717, 1.165) is 30.9 Å². The predicted octanol–water partition coefficient (Wildman–Crippen LogP) is 4.37. The van der Waals surface area contributed by atoms with Crippen LogP contribution in [0.25, 0.3) is 0 Å². The summed E-state index contributed by atoms with van der Waals surface area (Å²) in [6.07, 6.45) is 18.1. The van der Waals surface area contributed by atoms with E-state index in [1.54, 1.807) is 38.7 Å². The van der Waals surface area contributed by atoms with Gasteiger partial charge in [-0.25, -0.2) is 0 Å². The monoisotopic (exact) mass is 608 g/mol. The van der Waals surface area contributed by atoms with E-state index in [1.807, 2.05) is 11.1 Å². The third kappa shape index (κ3) is 4.92. The Kier molecular flexibility index (Phi) is 10.2. The van der Waals surface area contributed by atoms with Crippen LogP contribution in [0.4, 0.5) is 0 Å². The number of hydrogen-bond acceptors (Lipinski definition) is 0. The SMILES string of the molecule is CC(C)C1=CC=C(C(C)C)C2C1CC[CH]2[Zr+2]1([CH]2CCC3C(C(C)C)=CC=C(C(C)C)C32)[CH2]C[CH2]1.[Cl-].[Cl-]. The molecule has 6 atom stereocenters. The maximum atomic E-state index is 2.62. The smallest absolute Gasteiger partial charge is 1.00 e. The van der Waals surface area contributed by atoms with E-state index in [2.05, 4.69) is 79.7 Å². The van der Waals surface area contributed by atoms with Crippen LogP contribution in [0.3, 0.4) is 0 Å². The second-order valence-corrected chi connectivity index (χ2v) is 26.2. The number of fused-ring (bicyclic) bond motifs is 2. The average Bonchev–Trinajstić information content (AvgIpc) is 3.37. The largest absolute Gasteiger partial charge is 1.00 e. The summed E-state index contributed by atoms with van der Waals surface area (Å²) >= 11 is -2.32. The topological polar surface area (TPSA) is 0 Å². The molecule has 6 unspecified atom stereocenters. The van der Waals surface area contributed by atoms with Gasteiger partial charge in [0, 0.05) is 0 Å². The fourth-order valence-electron chi connectivity index (χ4n) is 9.82. The van der Waals surface area contributed by atoms with Crippen molar-refractivity contribution in [3.63, 3.8) is 0 Å². The Morgan fingerprint density at radius 3 is 1.14 bits per heavy atom. The molecular formula is C33H52Cl2Zr. The van der Waals surface area contributed by atoms with Crippen molar-refractivity contribution < 1.29 is 45.1 Å². The Hall–Kier alpha value is 0.423. The Labute approximate surface area is 240 Å². The Morgan fingerprint density at radius 2 is 0.861 bits per heavy atom. The molecule has 0 radical (unpaired) electrons. The molecule has 5 aliphatic rings. The number of halogens is 2. The van der Waals surface area contributed by atoms with E-state index in [9.17, 15) is 0 Å². The van der Waals surface area contributed by atoms with Crippen LogP contribution in [0, 0.1) is 47.3 Å². The maximum Gasteiger partial charge on any atom is -1.00 e. The van der Waals surface area contributed by atoms with Crippen LogP contribution in [0.2, 0.25) is 15.5 Å². The molecule has 3 heteroatoms. The number of rotatable bonds is 6. The molecule has 1 aliphatic heterocycles. The minimum atomic E-state index is -2.32. The van der Waals surface area contributed by atoms with Crippen LogP contribution < -0.4 is 24.8 Å². The molecule has 5 rings (SSSR count). The molecule has 0 N–H and O–H groups in total. The van der Waals surface area contributed by atoms with E-state index >= 15 is 0 Å². The van der Waals surface area contributed by atoms with Gasteiger partial charge in [0.05, 0.1) is 0 Å². The summed E-state index contributed by atoms with van der Waals surface area (Å²) in [5, 5.41) is 0. The van der Waals surface area contributed by atoms with Crippen molar-refractivity contribution in [2.24, 2.45) is 47.3 Å². The van der Waals surface area contributed by atoms with Gasteiger partial charge in [0.25, 0.3) is 0 Å². The van der Waals surface area contributed by atoms with E-state index in [0.29, 0.717) is 23.7 Å². The van der Waals surface area contributed by atoms with Gasteiger partial charge < -0.3 is 24.8 Å². The summed E-state index contributed by atoms with van der Waals surface area (Å²) in [6.45, 7) is 19.8. The van der Waals surface area contributed by atoms with Crippen LogP contribution in [0.15, 0.2) is 46.6 Å². The molecule has 4 aliphatic carbocycles. The molecule has 202 valence electrons. The van der Waals surface area contributed by atoms with Crippen molar-refractivity contribution in [3.05, 3.63) is 46.6 Å². The number of hydrogen-bond donors (Lipinski definition) is 0. The van der Waals surface area contributed by atoms with E-state index in [-0.39, 0.29) is 24.8 Å². The minimum absolute atomic E-state index is 0. The summed E-state index contributed by atoms with van der Waals surface area (Å²) < 4.78 is 5.67. The van der Waals surface area contributed by atoms with Crippen molar-refractivity contribution in [3.8, 4) is 0 Å².